The van der Waals surface area contributed by atoms with Crippen molar-refractivity contribution in [3.05, 3.63) is 87.4 Å². The van der Waals surface area contributed by atoms with Gasteiger partial charge in [0.05, 0.1) is 28.8 Å². The first-order valence-electron chi connectivity index (χ1n) is 11.2. The number of nitrogens with zero attached hydrogens (tertiary/aromatic N) is 1. The van der Waals surface area contributed by atoms with Crippen LogP contribution >= 0.6 is 11.6 Å². The minimum absolute atomic E-state index is 0.0842. The van der Waals surface area contributed by atoms with Crippen molar-refractivity contribution in [3.8, 4) is 5.75 Å². The Morgan fingerprint density at radius 2 is 1.60 bits per heavy atom. The van der Waals surface area contributed by atoms with Gasteiger partial charge >= 0.3 is 0 Å². The van der Waals surface area contributed by atoms with Gasteiger partial charge in [0.25, 0.3) is 10.0 Å². The smallest absolute Gasteiger partial charge is 0.264 e. The van der Waals surface area contributed by atoms with Crippen molar-refractivity contribution in [1.29, 1.82) is 0 Å². The summed E-state index contributed by atoms with van der Waals surface area (Å²) in [6.07, 6.45) is 0. The van der Waals surface area contributed by atoms with Crippen molar-refractivity contribution in [2.24, 2.45) is 0 Å². The Kier molecular flexibility index (Phi) is 8.13. The van der Waals surface area contributed by atoms with Crippen LogP contribution in [0.3, 0.4) is 0 Å². The quantitative estimate of drug-likeness (QED) is 0.421. The van der Waals surface area contributed by atoms with E-state index in [0.29, 0.717) is 5.75 Å². The van der Waals surface area contributed by atoms with Crippen LogP contribution in [0.5, 0.6) is 5.75 Å². The Labute approximate surface area is 212 Å². The third kappa shape index (κ3) is 5.97. The number of hydrogen-bond donors (Lipinski definition) is 1. The van der Waals surface area contributed by atoms with Crippen molar-refractivity contribution in [1.82, 2.24) is 5.32 Å². The van der Waals surface area contributed by atoms with Crippen LogP contribution in [0.4, 0.5) is 5.69 Å². The molecule has 0 spiro atoms. The molecular formula is C27H31ClN2O4S. The molecule has 8 heteroatoms. The number of methoxy groups -OCH3 is 1. The van der Waals surface area contributed by atoms with E-state index in [0.717, 1.165) is 26.6 Å². The molecule has 0 heterocycles. The number of aryl methyl sites for hydroxylation is 4. The number of anilines is 1. The lowest BCUT2D eigenvalue weighted by molar-refractivity contribution is -0.120. The molecule has 0 aliphatic rings. The monoisotopic (exact) mass is 514 g/mol. The number of carbonyl (C=O) groups is 1. The Bertz CT molecular complexity index is 1340. The fourth-order valence-electron chi connectivity index (χ4n) is 3.91. The van der Waals surface area contributed by atoms with E-state index in [1.165, 1.54) is 30.9 Å². The second kappa shape index (κ2) is 10.7. The lowest BCUT2D eigenvalue weighted by Crippen LogP contribution is -2.41. The highest BCUT2D eigenvalue weighted by atomic mass is 35.5. The van der Waals surface area contributed by atoms with Gasteiger partial charge in [-0.05, 0) is 87.2 Å². The maximum atomic E-state index is 13.6. The summed E-state index contributed by atoms with van der Waals surface area (Å²) in [5.41, 5.74) is 5.55. The second-order valence-electron chi connectivity index (χ2n) is 8.73. The van der Waals surface area contributed by atoms with E-state index in [1.807, 2.05) is 34.6 Å². The van der Waals surface area contributed by atoms with Crippen LogP contribution in [0.2, 0.25) is 5.02 Å². The van der Waals surface area contributed by atoms with Crippen molar-refractivity contribution in [2.45, 2.75) is 45.6 Å². The largest absolute Gasteiger partial charge is 0.495 e. The van der Waals surface area contributed by atoms with Crippen molar-refractivity contribution in [2.75, 3.05) is 18.0 Å². The zero-order valence-corrected chi connectivity index (χ0v) is 22.4. The number of hydrogen-bond acceptors (Lipinski definition) is 4. The molecule has 3 aromatic rings. The maximum Gasteiger partial charge on any atom is 0.264 e. The van der Waals surface area contributed by atoms with Gasteiger partial charge in [-0.3, -0.25) is 9.10 Å². The van der Waals surface area contributed by atoms with E-state index in [-0.39, 0.29) is 21.6 Å². The molecule has 0 saturated heterocycles. The molecule has 0 saturated carbocycles. The molecule has 1 amide bonds. The minimum atomic E-state index is -4.05. The molecule has 0 aliphatic heterocycles. The summed E-state index contributed by atoms with van der Waals surface area (Å²) in [6.45, 7) is 9.42. The average molecular weight is 515 g/mol. The summed E-state index contributed by atoms with van der Waals surface area (Å²) in [6, 6.07) is 15.0. The third-order valence-corrected chi connectivity index (χ3v) is 8.13. The van der Waals surface area contributed by atoms with Gasteiger partial charge in [-0.15, -0.1) is 0 Å². The fraction of sp³-hybridized carbons (Fsp3) is 0.296. The van der Waals surface area contributed by atoms with Crippen molar-refractivity contribution >= 4 is 33.2 Å². The lowest BCUT2D eigenvalue weighted by Gasteiger charge is -2.26. The molecule has 3 rings (SSSR count). The van der Waals surface area contributed by atoms with Crippen LogP contribution in [0.1, 0.15) is 40.8 Å². The number of rotatable bonds is 8. The first kappa shape index (κ1) is 26.6. The molecule has 3 aromatic carbocycles. The van der Waals surface area contributed by atoms with Crippen LogP contribution in [0.25, 0.3) is 0 Å². The Morgan fingerprint density at radius 1 is 0.971 bits per heavy atom. The molecule has 0 bridgehead atoms. The highest BCUT2D eigenvalue weighted by Gasteiger charge is 2.28. The second-order valence-corrected chi connectivity index (χ2v) is 11.0. The predicted molar refractivity (Wildman–Crippen MR) is 141 cm³/mol. The van der Waals surface area contributed by atoms with Gasteiger partial charge in [0, 0.05) is 0 Å². The van der Waals surface area contributed by atoms with Crippen LogP contribution in [-0.2, 0) is 14.8 Å². The zero-order valence-electron chi connectivity index (χ0n) is 20.8. The molecule has 1 N–H and O–H groups in total. The summed E-state index contributed by atoms with van der Waals surface area (Å²) in [7, 11) is -2.57. The third-order valence-electron chi connectivity index (χ3n) is 6.05. The van der Waals surface area contributed by atoms with E-state index in [2.05, 4.69) is 17.4 Å². The fourth-order valence-corrected chi connectivity index (χ4v) is 5.57. The van der Waals surface area contributed by atoms with E-state index in [9.17, 15) is 13.2 Å². The van der Waals surface area contributed by atoms with E-state index in [1.54, 1.807) is 24.3 Å². The van der Waals surface area contributed by atoms with Crippen LogP contribution in [0, 0.1) is 27.7 Å². The van der Waals surface area contributed by atoms with Gasteiger partial charge in [0.15, 0.2) is 0 Å². The Balaban J connectivity index is 1.95. The average Bonchev–Trinajstić information content (AvgIpc) is 2.80. The first-order valence-corrected chi connectivity index (χ1v) is 13.1. The number of nitrogens with one attached hydrogen (secondary N) is 1. The van der Waals surface area contributed by atoms with E-state index >= 15 is 0 Å². The molecule has 0 aliphatic carbocycles. The number of ether oxygens (including phenoxy) is 1. The highest BCUT2D eigenvalue weighted by molar-refractivity contribution is 7.92. The zero-order chi connectivity index (χ0) is 25.9. The van der Waals surface area contributed by atoms with Gasteiger partial charge in [0.1, 0.15) is 12.3 Å². The molecule has 0 fully saturated rings. The van der Waals surface area contributed by atoms with Crippen molar-refractivity contribution < 1.29 is 17.9 Å². The topological polar surface area (TPSA) is 75.7 Å². The molecule has 6 nitrogen and oxygen atoms in total. The first-order chi connectivity index (χ1) is 16.4. The molecule has 0 radical (unpaired) electrons. The van der Waals surface area contributed by atoms with Gasteiger partial charge in [-0.25, -0.2) is 8.42 Å². The minimum Gasteiger partial charge on any atom is -0.495 e. The SMILES string of the molecule is COc1ccc(N(CC(=O)N[C@H](C)c2cc(C)c(C)cc2C)S(=O)(=O)c2ccc(C)cc2)cc1Cl. The molecular weight excluding hydrogens is 484 g/mol. The van der Waals surface area contributed by atoms with Crippen LogP contribution < -0.4 is 14.4 Å². The van der Waals surface area contributed by atoms with Gasteiger partial charge < -0.3 is 10.1 Å². The lowest BCUT2D eigenvalue weighted by atomic mass is 9.96. The van der Waals surface area contributed by atoms with Gasteiger partial charge in [-0.1, -0.05) is 41.4 Å². The number of halogens is 1. The standard InChI is InChI=1S/C27H31ClN2O4S/c1-17-7-10-23(11-8-17)35(32,33)30(22-9-12-26(34-6)25(28)15-22)16-27(31)29-21(5)24-14-19(3)18(2)13-20(24)4/h7-15,21H,16H2,1-6H3,(H,29,31)/t21-/m1/s1. The van der Waals surface area contributed by atoms with E-state index in [4.69, 9.17) is 16.3 Å². The number of benzene rings is 3. The summed E-state index contributed by atoms with van der Waals surface area (Å²) in [5, 5.41) is 3.20. The number of amides is 1. The molecule has 35 heavy (non-hydrogen) atoms. The normalized spacial score (nSPS) is 12.2. The van der Waals surface area contributed by atoms with E-state index < -0.39 is 22.5 Å². The van der Waals surface area contributed by atoms with Crippen LogP contribution in [0.15, 0.2) is 59.5 Å². The maximum absolute atomic E-state index is 13.6. The van der Waals surface area contributed by atoms with Gasteiger partial charge in [0.2, 0.25) is 5.91 Å². The van der Waals surface area contributed by atoms with Crippen LogP contribution in [-0.4, -0.2) is 28.0 Å². The Hall–Kier alpha value is -3.03. The molecule has 186 valence electrons. The number of carbonyl (C=O) groups excluding carboxylic acids is 1. The molecule has 0 aromatic heterocycles. The van der Waals surface area contributed by atoms with Crippen molar-refractivity contribution in [3.63, 3.8) is 0 Å². The summed E-state index contributed by atoms with van der Waals surface area (Å²) >= 11 is 6.29. The molecule has 1 atom stereocenters. The summed E-state index contributed by atoms with van der Waals surface area (Å²) in [5.74, 6) is -0.0239. The Morgan fingerprint density at radius 3 is 2.20 bits per heavy atom. The summed E-state index contributed by atoms with van der Waals surface area (Å²) < 4.78 is 33.5. The predicted octanol–water partition coefficient (Wildman–Crippen LogP) is 5.65. The molecule has 0 unspecified atom stereocenters. The summed E-state index contributed by atoms with van der Waals surface area (Å²) in [4.78, 5) is 13.2. The number of sulfonamides is 1. The highest BCUT2D eigenvalue weighted by Crippen LogP contribution is 2.32. The van der Waals surface area contributed by atoms with Gasteiger partial charge in [-0.2, -0.15) is 0 Å².